The smallest absolute Gasteiger partial charge is 0.321 e. The first-order valence-electron chi connectivity index (χ1n) is 9.26. The normalized spacial score (nSPS) is 16.9. The average Bonchev–Trinajstić information content (AvgIpc) is 3.39. The average molecular weight is 363 g/mol. The number of urea groups is 1. The van der Waals surface area contributed by atoms with Crippen LogP contribution in [0.3, 0.4) is 0 Å². The van der Waals surface area contributed by atoms with E-state index in [-0.39, 0.29) is 6.03 Å². The van der Waals surface area contributed by atoms with E-state index in [9.17, 15) is 4.79 Å². The molecule has 0 atom stereocenters. The third-order valence-electron chi connectivity index (χ3n) is 5.04. The molecule has 2 N–H and O–H groups in total. The molecule has 8 heteroatoms. The van der Waals surface area contributed by atoms with Crippen molar-refractivity contribution in [3.05, 3.63) is 48.4 Å². The number of fused-ring (bicyclic) bond motifs is 1. The summed E-state index contributed by atoms with van der Waals surface area (Å²) in [7, 11) is 0. The number of benzene rings is 1. The number of nitrogens with one attached hydrogen (secondary N) is 2. The van der Waals surface area contributed by atoms with Crippen LogP contribution in [0.1, 0.15) is 12.1 Å². The van der Waals surface area contributed by atoms with Crippen molar-refractivity contribution in [2.24, 2.45) is 0 Å². The van der Waals surface area contributed by atoms with E-state index in [1.165, 1.54) is 5.69 Å². The molecular weight excluding hydrogens is 342 g/mol. The van der Waals surface area contributed by atoms with Gasteiger partial charge in [0.2, 0.25) is 0 Å². The lowest BCUT2D eigenvalue weighted by atomic mass is 10.2. The van der Waals surface area contributed by atoms with Crippen LogP contribution in [0.25, 0.3) is 17.2 Å². The van der Waals surface area contributed by atoms with Gasteiger partial charge in [0.25, 0.3) is 0 Å². The second kappa shape index (κ2) is 6.55. The van der Waals surface area contributed by atoms with Gasteiger partial charge in [-0.05, 0) is 37.2 Å². The number of anilines is 1. The Kier molecular flexibility index (Phi) is 3.90. The number of carbonyl (C=O) groups is 1. The summed E-state index contributed by atoms with van der Waals surface area (Å²) in [4.78, 5) is 18.3. The van der Waals surface area contributed by atoms with Gasteiger partial charge in [-0.3, -0.25) is 14.1 Å². The fraction of sp³-hybridized carbons (Fsp3) is 0.316. The lowest BCUT2D eigenvalue weighted by molar-refractivity contribution is 0.252. The fourth-order valence-corrected chi connectivity index (χ4v) is 3.70. The molecule has 2 aromatic heterocycles. The molecule has 3 aromatic rings. The number of amides is 2. The number of nitrogens with zero attached hydrogens (tertiary/aromatic N) is 5. The molecule has 1 saturated heterocycles. The molecule has 0 unspecified atom stereocenters. The molecule has 2 amide bonds. The van der Waals surface area contributed by atoms with E-state index < -0.39 is 0 Å². The molecule has 1 aromatic carbocycles. The third-order valence-corrected chi connectivity index (χ3v) is 5.04. The maximum absolute atomic E-state index is 12.0. The highest BCUT2D eigenvalue weighted by Crippen LogP contribution is 2.25. The Morgan fingerprint density at radius 3 is 2.89 bits per heavy atom. The molecule has 27 heavy (non-hydrogen) atoms. The summed E-state index contributed by atoms with van der Waals surface area (Å²) in [5.74, 6) is 0.804. The van der Waals surface area contributed by atoms with E-state index in [1.807, 2.05) is 35.0 Å². The monoisotopic (exact) mass is 363 g/mol. The van der Waals surface area contributed by atoms with Crippen LogP contribution in [0.4, 0.5) is 10.5 Å². The van der Waals surface area contributed by atoms with Crippen LogP contribution in [0, 0.1) is 0 Å². The Bertz CT molecular complexity index is 966. The first-order chi connectivity index (χ1) is 13.3. The first-order valence-corrected chi connectivity index (χ1v) is 9.26. The number of aryl methyl sites for hydroxylation is 1. The van der Waals surface area contributed by atoms with Gasteiger partial charge in [-0.1, -0.05) is 6.07 Å². The van der Waals surface area contributed by atoms with Crippen LogP contribution in [0.15, 0.2) is 42.7 Å². The SMILES string of the molecule is O=C1NCCN1c1cccc(-n2ccnc2-c2cc3n(n2)CCCNC3)c1. The lowest BCUT2D eigenvalue weighted by Gasteiger charge is -2.16. The van der Waals surface area contributed by atoms with Crippen molar-refractivity contribution in [2.75, 3.05) is 24.5 Å². The molecule has 0 aliphatic carbocycles. The summed E-state index contributed by atoms with van der Waals surface area (Å²) in [6, 6.07) is 10.0. The zero-order chi connectivity index (χ0) is 18.2. The highest BCUT2D eigenvalue weighted by atomic mass is 16.2. The minimum atomic E-state index is -0.0525. The predicted molar refractivity (Wildman–Crippen MR) is 102 cm³/mol. The van der Waals surface area contributed by atoms with Crippen molar-refractivity contribution < 1.29 is 4.79 Å². The van der Waals surface area contributed by atoms with E-state index in [0.717, 1.165) is 48.9 Å². The molecule has 0 spiro atoms. The fourth-order valence-electron chi connectivity index (χ4n) is 3.70. The first kappa shape index (κ1) is 16.1. The Hall–Kier alpha value is -3.13. The number of aromatic nitrogens is 4. The topological polar surface area (TPSA) is 80.0 Å². The van der Waals surface area contributed by atoms with Gasteiger partial charge in [0.05, 0.1) is 5.69 Å². The van der Waals surface area contributed by atoms with E-state index in [1.54, 1.807) is 11.1 Å². The Morgan fingerprint density at radius 2 is 2.00 bits per heavy atom. The summed E-state index contributed by atoms with van der Waals surface area (Å²) < 4.78 is 4.09. The van der Waals surface area contributed by atoms with Gasteiger partial charge < -0.3 is 10.6 Å². The molecule has 5 rings (SSSR count). The molecule has 0 bridgehead atoms. The van der Waals surface area contributed by atoms with Crippen LogP contribution >= 0.6 is 0 Å². The summed E-state index contributed by atoms with van der Waals surface area (Å²) in [5.41, 5.74) is 3.88. The van der Waals surface area contributed by atoms with Crippen molar-refractivity contribution in [2.45, 2.75) is 19.5 Å². The van der Waals surface area contributed by atoms with Crippen LogP contribution in [-0.2, 0) is 13.1 Å². The maximum Gasteiger partial charge on any atom is 0.321 e. The van der Waals surface area contributed by atoms with Crippen LogP contribution in [-0.4, -0.2) is 45.0 Å². The van der Waals surface area contributed by atoms with Gasteiger partial charge in [0.1, 0.15) is 5.69 Å². The number of hydrogen-bond donors (Lipinski definition) is 2. The van der Waals surface area contributed by atoms with Crippen molar-refractivity contribution >= 4 is 11.7 Å². The molecule has 0 radical (unpaired) electrons. The molecule has 2 aliphatic rings. The molecule has 8 nitrogen and oxygen atoms in total. The number of carbonyl (C=O) groups excluding carboxylic acids is 1. The van der Waals surface area contributed by atoms with Crippen LogP contribution in [0.5, 0.6) is 0 Å². The van der Waals surface area contributed by atoms with Gasteiger partial charge in [0, 0.05) is 49.9 Å². The van der Waals surface area contributed by atoms with Crippen LogP contribution in [0.2, 0.25) is 0 Å². The summed E-state index contributed by atoms with van der Waals surface area (Å²) in [6.07, 6.45) is 4.79. The zero-order valence-corrected chi connectivity index (χ0v) is 14.9. The van der Waals surface area contributed by atoms with Crippen LogP contribution < -0.4 is 15.5 Å². The molecule has 1 fully saturated rings. The second-order valence-corrected chi connectivity index (χ2v) is 6.80. The molecular formula is C19H21N7O. The number of hydrogen-bond acceptors (Lipinski definition) is 4. The quantitative estimate of drug-likeness (QED) is 0.743. The van der Waals surface area contributed by atoms with Gasteiger partial charge in [-0.15, -0.1) is 0 Å². The third kappa shape index (κ3) is 2.87. The lowest BCUT2D eigenvalue weighted by Crippen LogP contribution is -2.27. The standard InChI is InChI=1S/C19H21N7O/c27-19-22-7-10-25(19)15-4-1-3-14(11-15)24-9-6-21-18(24)17-12-16-13-20-5-2-8-26(16)23-17/h1,3-4,6,9,11-12,20H,2,5,7-8,10,13H2,(H,22,27). The summed E-state index contributed by atoms with van der Waals surface area (Å²) in [5, 5.41) is 11.0. The van der Waals surface area contributed by atoms with Crippen molar-refractivity contribution in [1.82, 2.24) is 30.0 Å². The highest BCUT2D eigenvalue weighted by molar-refractivity contribution is 5.94. The maximum atomic E-state index is 12.0. The Labute approximate surface area is 156 Å². The van der Waals surface area contributed by atoms with E-state index in [2.05, 4.69) is 26.4 Å². The number of imidazole rings is 1. The zero-order valence-electron chi connectivity index (χ0n) is 14.9. The minimum absolute atomic E-state index is 0.0525. The van der Waals surface area contributed by atoms with E-state index in [0.29, 0.717) is 13.1 Å². The van der Waals surface area contributed by atoms with Crippen molar-refractivity contribution in [3.63, 3.8) is 0 Å². The molecule has 4 heterocycles. The second-order valence-electron chi connectivity index (χ2n) is 6.80. The number of rotatable bonds is 3. The van der Waals surface area contributed by atoms with Crippen molar-refractivity contribution in [3.8, 4) is 17.2 Å². The van der Waals surface area contributed by atoms with Crippen molar-refractivity contribution in [1.29, 1.82) is 0 Å². The van der Waals surface area contributed by atoms with E-state index in [4.69, 9.17) is 5.10 Å². The van der Waals surface area contributed by atoms with E-state index >= 15 is 0 Å². The van der Waals surface area contributed by atoms with Gasteiger partial charge >= 0.3 is 6.03 Å². The Morgan fingerprint density at radius 1 is 1.07 bits per heavy atom. The molecule has 138 valence electrons. The van der Waals surface area contributed by atoms with Gasteiger partial charge in [-0.2, -0.15) is 5.10 Å². The Balaban J connectivity index is 1.51. The molecule has 2 aliphatic heterocycles. The minimum Gasteiger partial charge on any atom is -0.336 e. The van der Waals surface area contributed by atoms with Gasteiger partial charge in [0.15, 0.2) is 5.82 Å². The largest absolute Gasteiger partial charge is 0.336 e. The van der Waals surface area contributed by atoms with Gasteiger partial charge in [-0.25, -0.2) is 9.78 Å². The summed E-state index contributed by atoms with van der Waals surface area (Å²) in [6.45, 7) is 4.12. The summed E-state index contributed by atoms with van der Waals surface area (Å²) >= 11 is 0. The predicted octanol–water partition coefficient (Wildman–Crippen LogP) is 1.76. The molecule has 0 saturated carbocycles. The highest BCUT2D eigenvalue weighted by Gasteiger charge is 2.22.